The van der Waals surface area contributed by atoms with Crippen molar-refractivity contribution in [3.63, 3.8) is 0 Å². The topological polar surface area (TPSA) is 137 Å². The Morgan fingerprint density at radius 3 is 3.10 bits per heavy atom. The minimum Gasteiger partial charge on any atom is -0.422 e. The maximum atomic E-state index is 12.8. The molecule has 0 saturated heterocycles. The summed E-state index contributed by atoms with van der Waals surface area (Å²) in [5.74, 6) is -0.107. The van der Waals surface area contributed by atoms with E-state index in [4.69, 9.17) is 9.15 Å². The van der Waals surface area contributed by atoms with E-state index in [1.807, 2.05) is 11.6 Å². The molecule has 1 amide bonds. The molecule has 0 aromatic carbocycles. The molecule has 30 heavy (non-hydrogen) atoms. The molecule has 0 unspecified atom stereocenters. The number of H-pyrrole nitrogens is 1. The lowest BCUT2D eigenvalue weighted by molar-refractivity contribution is -0.0226. The van der Waals surface area contributed by atoms with Crippen LogP contribution < -0.4 is 5.32 Å². The Morgan fingerprint density at radius 2 is 2.37 bits per heavy atom. The van der Waals surface area contributed by atoms with Crippen molar-refractivity contribution < 1.29 is 13.9 Å². The number of anilines is 1. The summed E-state index contributed by atoms with van der Waals surface area (Å²) in [6.45, 7) is 2.68. The zero-order valence-corrected chi connectivity index (χ0v) is 16.8. The summed E-state index contributed by atoms with van der Waals surface area (Å²) >= 11 is 1.37. The quantitative estimate of drug-likeness (QED) is 0.460. The van der Waals surface area contributed by atoms with E-state index in [0.717, 1.165) is 18.4 Å². The third-order valence-corrected chi connectivity index (χ3v) is 5.76. The third-order valence-electron chi connectivity index (χ3n) is 4.87. The van der Waals surface area contributed by atoms with E-state index in [0.29, 0.717) is 28.7 Å². The summed E-state index contributed by atoms with van der Waals surface area (Å²) in [6, 6.07) is 0.195. The molecule has 4 aromatic heterocycles. The number of aromatic amines is 1. The molecular formula is C18H18N8O3S. The summed E-state index contributed by atoms with van der Waals surface area (Å²) in [5, 5.41) is 24.2. The molecule has 0 spiro atoms. The van der Waals surface area contributed by atoms with Crippen LogP contribution in [0.5, 0.6) is 0 Å². The van der Waals surface area contributed by atoms with Crippen molar-refractivity contribution in [3.05, 3.63) is 36.1 Å². The van der Waals surface area contributed by atoms with Gasteiger partial charge in [0, 0.05) is 29.9 Å². The van der Waals surface area contributed by atoms with Crippen LogP contribution >= 0.6 is 11.3 Å². The van der Waals surface area contributed by atoms with Crippen LogP contribution in [-0.4, -0.2) is 53.8 Å². The van der Waals surface area contributed by atoms with Gasteiger partial charge in [-0.2, -0.15) is 10.2 Å². The largest absolute Gasteiger partial charge is 0.422 e. The summed E-state index contributed by atoms with van der Waals surface area (Å²) in [7, 11) is 0. The molecule has 12 heteroatoms. The van der Waals surface area contributed by atoms with Gasteiger partial charge in [-0.1, -0.05) is 0 Å². The fourth-order valence-corrected chi connectivity index (χ4v) is 4.08. The number of amides is 1. The highest BCUT2D eigenvalue weighted by molar-refractivity contribution is 7.13. The van der Waals surface area contributed by atoms with Gasteiger partial charge >= 0.3 is 0 Å². The van der Waals surface area contributed by atoms with Crippen LogP contribution in [0.3, 0.4) is 0 Å². The smallest absolute Gasteiger partial charge is 0.275 e. The van der Waals surface area contributed by atoms with Crippen molar-refractivity contribution in [2.45, 2.75) is 31.9 Å². The fourth-order valence-electron chi connectivity index (χ4n) is 3.29. The number of carbonyl (C=O) groups is 1. The van der Waals surface area contributed by atoms with Crippen molar-refractivity contribution in [2.24, 2.45) is 0 Å². The second-order valence-electron chi connectivity index (χ2n) is 6.80. The molecule has 2 N–H and O–H groups in total. The predicted molar refractivity (Wildman–Crippen MR) is 107 cm³/mol. The zero-order valence-electron chi connectivity index (χ0n) is 16.0. The van der Waals surface area contributed by atoms with Gasteiger partial charge in [-0.25, -0.2) is 4.98 Å². The first-order valence-electron chi connectivity index (χ1n) is 9.44. The molecule has 154 valence electrons. The second kappa shape index (κ2) is 7.80. The highest BCUT2D eigenvalue weighted by atomic mass is 32.1. The Bertz CT molecular complexity index is 1130. The lowest BCUT2D eigenvalue weighted by atomic mass is 9.89. The molecule has 1 fully saturated rings. The average Bonchev–Trinajstić information content (AvgIpc) is 3.50. The molecular weight excluding hydrogens is 408 g/mol. The van der Waals surface area contributed by atoms with Gasteiger partial charge in [-0.15, -0.1) is 21.5 Å². The van der Waals surface area contributed by atoms with Gasteiger partial charge in [-0.3, -0.25) is 14.6 Å². The number of hydrogen-bond acceptors (Lipinski definition) is 9. The Balaban J connectivity index is 1.37. The Morgan fingerprint density at radius 1 is 1.47 bits per heavy atom. The van der Waals surface area contributed by atoms with E-state index in [9.17, 15) is 4.79 Å². The van der Waals surface area contributed by atoms with Crippen molar-refractivity contribution in [1.82, 2.24) is 35.2 Å². The molecule has 0 aliphatic heterocycles. The minimum atomic E-state index is -0.345. The highest BCUT2D eigenvalue weighted by Crippen LogP contribution is 2.37. The summed E-state index contributed by atoms with van der Waals surface area (Å²) < 4.78 is 12.8. The molecule has 1 aliphatic carbocycles. The number of hydrogen-bond donors (Lipinski definition) is 2. The molecule has 0 atom stereocenters. The molecule has 0 radical (unpaired) electrons. The number of thiazole rings is 1. The van der Waals surface area contributed by atoms with E-state index in [1.54, 1.807) is 24.0 Å². The van der Waals surface area contributed by atoms with Crippen molar-refractivity contribution in [3.8, 4) is 22.2 Å². The number of rotatable bonds is 7. The van der Waals surface area contributed by atoms with Gasteiger partial charge in [0.25, 0.3) is 11.8 Å². The minimum absolute atomic E-state index is 0.195. The molecule has 5 rings (SSSR count). The number of carbonyl (C=O) groups excluding carboxylic acids is 1. The molecule has 11 nitrogen and oxygen atoms in total. The lowest BCUT2D eigenvalue weighted by Crippen LogP contribution is -2.33. The first-order valence-corrected chi connectivity index (χ1v) is 10.3. The lowest BCUT2D eigenvalue weighted by Gasteiger charge is -2.34. The molecule has 0 bridgehead atoms. The van der Waals surface area contributed by atoms with Crippen LogP contribution in [0.15, 0.2) is 34.8 Å². The number of ether oxygens (including phenoxy) is 1. The van der Waals surface area contributed by atoms with Gasteiger partial charge < -0.3 is 14.5 Å². The standard InChI is InChI=1S/C18H18N8O3S/c1-2-28-12-3-11(4-12)26-7-13(15(25-26)17-24-21-9-29-17)22-16(27)14-8-30-18(23-14)10-5-19-20-6-10/h5-9,11-12H,2-4H2,1H3,(H,19,20)(H,22,27). The molecule has 4 aromatic rings. The number of aromatic nitrogens is 7. The second-order valence-corrected chi connectivity index (χ2v) is 7.65. The fraction of sp³-hybridized carbons (Fsp3) is 0.333. The van der Waals surface area contributed by atoms with E-state index in [1.165, 1.54) is 17.7 Å². The summed E-state index contributed by atoms with van der Waals surface area (Å²) in [4.78, 5) is 17.2. The van der Waals surface area contributed by atoms with E-state index >= 15 is 0 Å². The van der Waals surface area contributed by atoms with Crippen molar-refractivity contribution in [2.75, 3.05) is 11.9 Å². The first-order chi connectivity index (χ1) is 14.7. The van der Waals surface area contributed by atoms with Gasteiger partial charge in [-0.05, 0) is 19.8 Å². The van der Waals surface area contributed by atoms with Crippen LogP contribution in [0.1, 0.15) is 36.3 Å². The van der Waals surface area contributed by atoms with Crippen LogP contribution in [-0.2, 0) is 4.74 Å². The van der Waals surface area contributed by atoms with Crippen LogP contribution in [0.25, 0.3) is 22.2 Å². The third kappa shape index (κ3) is 3.50. The zero-order chi connectivity index (χ0) is 20.5. The first kappa shape index (κ1) is 18.6. The van der Waals surface area contributed by atoms with Gasteiger partial charge in [0.05, 0.1) is 24.0 Å². The number of nitrogens with zero attached hydrogens (tertiary/aromatic N) is 6. The van der Waals surface area contributed by atoms with Crippen molar-refractivity contribution >= 4 is 22.9 Å². The van der Waals surface area contributed by atoms with Gasteiger partial charge in [0.15, 0.2) is 5.69 Å². The maximum absolute atomic E-state index is 12.8. The van der Waals surface area contributed by atoms with Crippen molar-refractivity contribution in [1.29, 1.82) is 0 Å². The van der Waals surface area contributed by atoms with Gasteiger partial charge in [0.1, 0.15) is 10.7 Å². The van der Waals surface area contributed by atoms with E-state index in [-0.39, 0.29) is 23.9 Å². The van der Waals surface area contributed by atoms with Crippen LogP contribution in [0, 0.1) is 0 Å². The van der Waals surface area contributed by atoms with E-state index in [2.05, 4.69) is 35.8 Å². The normalized spacial score (nSPS) is 18.3. The average molecular weight is 426 g/mol. The Kier molecular flexibility index (Phi) is 4.85. The molecule has 4 heterocycles. The monoisotopic (exact) mass is 426 g/mol. The predicted octanol–water partition coefficient (Wildman–Crippen LogP) is 2.77. The molecule has 1 saturated carbocycles. The summed E-state index contributed by atoms with van der Waals surface area (Å²) in [6.07, 6.45) is 8.38. The van der Waals surface area contributed by atoms with E-state index < -0.39 is 0 Å². The summed E-state index contributed by atoms with van der Waals surface area (Å²) in [5.41, 5.74) is 2.04. The highest BCUT2D eigenvalue weighted by Gasteiger charge is 2.33. The molecule has 1 aliphatic rings. The Labute approximate surface area is 174 Å². The Hall–Kier alpha value is -3.38. The van der Waals surface area contributed by atoms with Crippen LogP contribution in [0.2, 0.25) is 0 Å². The SMILES string of the molecule is CCOC1CC(n2cc(NC(=O)c3csc(-c4cn[nH]c4)n3)c(-c3nnco3)n2)C1. The van der Waals surface area contributed by atoms with Gasteiger partial charge in [0.2, 0.25) is 6.39 Å². The van der Waals surface area contributed by atoms with Crippen LogP contribution in [0.4, 0.5) is 5.69 Å². The maximum Gasteiger partial charge on any atom is 0.275 e. The number of nitrogens with one attached hydrogen (secondary N) is 2.